The Kier molecular flexibility index (Phi) is 3.49. The van der Waals surface area contributed by atoms with Crippen molar-refractivity contribution in [3.8, 4) is 0 Å². The van der Waals surface area contributed by atoms with E-state index in [2.05, 4.69) is 18.7 Å². The lowest BCUT2D eigenvalue weighted by Gasteiger charge is -2.42. The van der Waals surface area contributed by atoms with Gasteiger partial charge in [-0.3, -0.25) is 10.1 Å². The SMILES string of the molecule is CC(C)(CN)N1CCSc2cc([N+](=O)[O-])ccc21. The topological polar surface area (TPSA) is 72.4 Å². The van der Waals surface area contributed by atoms with Crippen LogP contribution in [0, 0.1) is 10.1 Å². The van der Waals surface area contributed by atoms with Gasteiger partial charge in [-0.25, -0.2) is 0 Å². The smallest absolute Gasteiger partial charge is 0.270 e. The summed E-state index contributed by atoms with van der Waals surface area (Å²) in [7, 11) is 0. The Balaban J connectivity index is 2.42. The highest BCUT2D eigenvalue weighted by atomic mass is 32.2. The van der Waals surface area contributed by atoms with Crippen LogP contribution in [-0.2, 0) is 0 Å². The van der Waals surface area contributed by atoms with E-state index in [1.807, 2.05) is 6.07 Å². The van der Waals surface area contributed by atoms with Crippen LogP contribution in [-0.4, -0.2) is 29.3 Å². The fourth-order valence-corrected chi connectivity index (χ4v) is 3.09. The number of nitrogens with two attached hydrogens (primary N) is 1. The summed E-state index contributed by atoms with van der Waals surface area (Å²) in [6, 6.07) is 5.04. The van der Waals surface area contributed by atoms with Gasteiger partial charge in [0.25, 0.3) is 5.69 Å². The molecule has 98 valence electrons. The summed E-state index contributed by atoms with van der Waals surface area (Å²) in [5.74, 6) is 0.928. The molecule has 0 saturated heterocycles. The summed E-state index contributed by atoms with van der Waals surface area (Å²) >= 11 is 1.66. The lowest BCUT2D eigenvalue weighted by molar-refractivity contribution is -0.385. The summed E-state index contributed by atoms with van der Waals surface area (Å²) in [4.78, 5) is 13.6. The Bertz CT molecular complexity index is 476. The average molecular weight is 267 g/mol. The molecule has 0 amide bonds. The molecule has 5 nitrogen and oxygen atoms in total. The Hall–Kier alpha value is -1.27. The van der Waals surface area contributed by atoms with Gasteiger partial charge in [0, 0.05) is 41.4 Å². The minimum absolute atomic E-state index is 0.133. The Morgan fingerprint density at radius 2 is 2.28 bits per heavy atom. The lowest BCUT2D eigenvalue weighted by atomic mass is 10.0. The molecule has 1 aromatic rings. The number of thioether (sulfide) groups is 1. The fourth-order valence-electron chi connectivity index (χ4n) is 2.06. The van der Waals surface area contributed by atoms with Crippen LogP contribution < -0.4 is 10.6 Å². The molecule has 0 spiro atoms. The van der Waals surface area contributed by atoms with E-state index < -0.39 is 0 Å². The van der Waals surface area contributed by atoms with Gasteiger partial charge in [-0.1, -0.05) is 0 Å². The second kappa shape index (κ2) is 4.78. The maximum absolute atomic E-state index is 10.8. The normalized spacial score (nSPS) is 15.4. The van der Waals surface area contributed by atoms with Crippen LogP contribution in [0.5, 0.6) is 0 Å². The van der Waals surface area contributed by atoms with Crippen molar-refractivity contribution in [2.75, 3.05) is 23.7 Å². The Morgan fingerprint density at radius 3 is 2.89 bits per heavy atom. The predicted molar refractivity (Wildman–Crippen MR) is 74.3 cm³/mol. The van der Waals surface area contributed by atoms with E-state index >= 15 is 0 Å². The summed E-state index contributed by atoms with van der Waals surface area (Å²) in [5.41, 5.74) is 6.88. The molecule has 1 heterocycles. The van der Waals surface area contributed by atoms with Crippen molar-refractivity contribution in [3.63, 3.8) is 0 Å². The summed E-state index contributed by atoms with van der Waals surface area (Å²) in [6.45, 7) is 5.65. The van der Waals surface area contributed by atoms with Crippen molar-refractivity contribution in [2.24, 2.45) is 5.73 Å². The van der Waals surface area contributed by atoms with Gasteiger partial charge in [-0.2, -0.15) is 0 Å². The molecule has 18 heavy (non-hydrogen) atoms. The zero-order valence-electron chi connectivity index (χ0n) is 10.5. The number of non-ortho nitro benzene ring substituents is 1. The number of nitro groups is 1. The molecule has 0 saturated carbocycles. The molecular weight excluding hydrogens is 250 g/mol. The standard InChI is InChI=1S/C12H17N3O2S/c1-12(2,8-13)14-5-6-18-11-7-9(15(16)17)3-4-10(11)14/h3-4,7H,5-6,8,13H2,1-2H3. The maximum Gasteiger partial charge on any atom is 0.270 e. The van der Waals surface area contributed by atoms with Crippen LogP contribution in [0.25, 0.3) is 0 Å². The van der Waals surface area contributed by atoms with Crippen molar-refractivity contribution < 1.29 is 4.92 Å². The highest BCUT2D eigenvalue weighted by Crippen LogP contribution is 2.39. The van der Waals surface area contributed by atoms with Crippen molar-refractivity contribution in [2.45, 2.75) is 24.3 Å². The van der Waals surface area contributed by atoms with Gasteiger partial charge in [0.2, 0.25) is 0 Å². The van der Waals surface area contributed by atoms with Gasteiger partial charge in [0.05, 0.1) is 10.6 Å². The minimum Gasteiger partial charge on any atom is -0.363 e. The minimum atomic E-state index is -0.353. The van der Waals surface area contributed by atoms with Crippen molar-refractivity contribution in [3.05, 3.63) is 28.3 Å². The van der Waals surface area contributed by atoms with Gasteiger partial charge < -0.3 is 10.6 Å². The molecule has 6 heteroatoms. The number of fused-ring (bicyclic) bond motifs is 1. The van der Waals surface area contributed by atoms with Crippen LogP contribution >= 0.6 is 11.8 Å². The van der Waals surface area contributed by atoms with Gasteiger partial charge in [0.1, 0.15) is 0 Å². The number of anilines is 1. The molecule has 0 aliphatic carbocycles. The van der Waals surface area contributed by atoms with E-state index in [4.69, 9.17) is 5.73 Å². The molecule has 0 atom stereocenters. The van der Waals surface area contributed by atoms with Crippen LogP contribution in [0.4, 0.5) is 11.4 Å². The first-order valence-electron chi connectivity index (χ1n) is 5.84. The van der Waals surface area contributed by atoms with Gasteiger partial charge in [-0.05, 0) is 19.9 Å². The average Bonchev–Trinajstić information content (AvgIpc) is 2.37. The van der Waals surface area contributed by atoms with Crippen molar-refractivity contribution >= 4 is 23.1 Å². The molecule has 0 fully saturated rings. The highest BCUT2D eigenvalue weighted by Gasteiger charge is 2.30. The Morgan fingerprint density at radius 1 is 1.56 bits per heavy atom. The second-order valence-corrected chi connectivity index (χ2v) is 6.06. The van der Waals surface area contributed by atoms with Gasteiger partial charge in [-0.15, -0.1) is 11.8 Å². The van der Waals surface area contributed by atoms with Gasteiger partial charge in [0.15, 0.2) is 0 Å². The van der Waals surface area contributed by atoms with Crippen molar-refractivity contribution in [1.29, 1.82) is 0 Å². The number of nitro benzene ring substituents is 1. The monoisotopic (exact) mass is 267 g/mol. The predicted octanol–water partition coefficient (Wildman–Crippen LogP) is 2.24. The summed E-state index contributed by atoms with van der Waals surface area (Å²) < 4.78 is 0. The molecule has 0 radical (unpaired) electrons. The molecule has 0 bridgehead atoms. The number of rotatable bonds is 3. The van der Waals surface area contributed by atoms with E-state index in [1.54, 1.807) is 23.9 Å². The first-order valence-corrected chi connectivity index (χ1v) is 6.83. The molecule has 0 unspecified atom stereocenters. The third kappa shape index (κ3) is 2.30. The first kappa shape index (κ1) is 13.2. The molecule has 0 aromatic heterocycles. The van der Waals surface area contributed by atoms with Crippen LogP contribution in [0.15, 0.2) is 23.1 Å². The van der Waals surface area contributed by atoms with Gasteiger partial charge >= 0.3 is 0 Å². The molecule has 2 N–H and O–H groups in total. The fraction of sp³-hybridized carbons (Fsp3) is 0.500. The van der Waals surface area contributed by atoms with E-state index in [9.17, 15) is 10.1 Å². The maximum atomic E-state index is 10.8. The largest absolute Gasteiger partial charge is 0.363 e. The quantitative estimate of drug-likeness (QED) is 0.671. The third-order valence-corrected chi connectivity index (χ3v) is 4.27. The van der Waals surface area contributed by atoms with Crippen LogP contribution in [0.2, 0.25) is 0 Å². The molecule has 1 aliphatic heterocycles. The summed E-state index contributed by atoms with van der Waals surface area (Å²) in [5, 5.41) is 10.8. The first-order chi connectivity index (χ1) is 8.45. The summed E-state index contributed by atoms with van der Waals surface area (Å²) in [6.07, 6.45) is 0. The zero-order valence-corrected chi connectivity index (χ0v) is 11.4. The van der Waals surface area contributed by atoms with E-state index in [1.165, 1.54) is 0 Å². The van der Waals surface area contributed by atoms with Crippen LogP contribution in [0.1, 0.15) is 13.8 Å². The lowest BCUT2D eigenvalue weighted by Crippen LogP contribution is -2.51. The third-order valence-electron chi connectivity index (χ3n) is 3.25. The van der Waals surface area contributed by atoms with E-state index in [-0.39, 0.29) is 16.1 Å². The van der Waals surface area contributed by atoms with E-state index in [0.717, 1.165) is 22.9 Å². The number of nitrogens with zero attached hydrogens (tertiary/aromatic N) is 2. The molecule has 1 aliphatic rings. The highest BCUT2D eigenvalue weighted by molar-refractivity contribution is 7.99. The molecule has 1 aromatic carbocycles. The number of benzene rings is 1. The number of hydrogen-bond donors (Lipinski definition) is 1. The van der Waals surface area contributed by atoms with Crippen molar-refractivity contribution in [1.82, 2.24) is 0 Å². The second-order valence-electron chi connectivity index (χ2n) is 4.93. The number of hydrogen-bond acceptors (Lipinski definition) is 5. The van der Waals surface area contributed by atoms with E-state index in [0.29, 0.717) is 6.54 Å². The molecule has 2 rings (SSSR count). The molecular formula is C12H17N3O2S. The zero-order chi connectivity index (χ0) is 13.3. The Labute approximate surface area is 110 Å². The van der Waals surface area contributed by atoms with Crippen LogP contribution in [0.3, 0.4) is 0 Å².